The molecule has 2 amide bonds. The van der Waals surface area contributed by atoms with Crippen LogP contribution in [0.3, 0.4) is 0 Å². The molecule has 0 saturated heterocycles. The summed E-state index contributed by atoms with van der Waals surface area (Å²) in [4.78, 5) is 23.8. The Labute approximate surface area is 160 Å². The topological polar surface area (TPSA) is 93.5 Å². The second-order valence-corrected chi connectivity index (χ2v) is 6.11. The van der Waals surface area contributed by atoms with Crippen molar-refractivity contribution in [1.29, 1.82) is 0 Å². The van der Waals surface area contributed by atoms with Gasteiger partial charge < -0.3 is 14.6 Å². The van der Waals surface area contributed by atoms with Crippen molar-refractivity contribution < 1.29 is 18.8 Å². The molecule has 0 unspecified atom stereocenters. The quantitative estimate of drug-likeness (QED) is 0.652. The minimum atomic E-state index is -0.841. The summed E-state index contributed by atoms with van der Waals surface area (Å²) in [6.45, 7) is 2.07. The van der Waals surface area contributed by atoms with E-state index in [1.54, 1.807) is 43.3 Å². The highest BCUT2D eigenvalue weighted by atomic mass is 35.5. The number of hydrogen-bond donors (Lipinski definition) is 2. The Morgan fingerprint density at radius 1 is 1.04 bits per heavy atom. The maximum atomic E-state index is 11.9. The molecule has 0 bridgehead atoms. The molecule has 8 heteroatoms. The molecule has 3 aromatic rings. The van der Waals surface area contributed by atoms with Crippen LogP contribution in [-0.2, 0) is 16.2 Å². The number of amides is 2. The SMILES string of the molecule is Cc1cc(NC(=O)C(=O)Nc2ccc(OCc3ccc(Cl)cc3)cc2)no1. The summed E-state index contributed by atoms with van der Waals surface area (Å²) >= 11 is 5.84. The monoisotopic (exact) mass is 385 g/mol. The zero-order valence-electron chi connectivity index (χ0n) is 14.4. The molecule has 2 N–H and O–H groups in total. The number of nitrogens with zero attached hydrogens (tertiary/aromatic N) is 1. The molecule has 2 aromatic carbocycles. The third-order valence-electron chi connectivity index (χ3n) is 3.51. The average molecular weight is 386 g/mol. The number of carbonyl (C=O) groups excluding carboxylic acids is 2. The number of hydrogen-bond acceptors (Lipinski definition) is 5. The van der Waals surface area contributed by atoms with E-state index in [1.165, 1.54) is 6.07 Å². The van der Waals surface area contributed by atoms with Crippen LogP contribution in [0.25, 0.3) is 0 Å². The first kappa shape index (κ1) is 18.5. The summed E-state index contributed by atoms with van der Waals surface area (Å²) in [5, 5.41) is 9.11. The number of benzene rings is 2. The molecular formula is C19H16ClN3O4. The van der Waals surface area contributed by atoms with Gasteiger partial charge in [0.05, 0.1) is 0 Å². The zero-order chi connectivity index (χ0) is 19.2. The number of halogens is 1. The fourth-order valence-electron chi connectivity index (χ4n) is 2.17. The molecule has 0 spiro atoms. The van der Waals surface area contributed by atoms with E-state index in [0.29, 0.717) is 28.8 Å². The molecule has 0 saturated carbocycles. The van der Waals surface area contributed by atoms with Gasteiger partial charge in [0.25, 0.3) is 0 Å². The highest BCUT2D eigenvalue weighted by Crippen LogP contribution is 2.18. The first-order valence-electron chi connectivity index (χ1n) is 8.02. The summed E-state index contributed by atoms with van der Waals surface area (Å²) in [7, 11) is 0. The Kier molecular flexibility index (Phi) is 5.73. The Morgan fingerprint density at radius 3 is 2.33 bits per heavy atom. The van der Waals surface area contributed by atoms with Gasteiger partial charge in [0, 0.05) is 16.8 Å². The van der Waals surface area contributed by atoms with E-state index in [0.717, 1.165) is 5.56 Å². The van der Waals surface area contributed by atoms with E-state index in [1.807, 2.05) is 12.1 Å². The zero-order valence-corrected chi connectivity index (χ0v) is 15.1. The van der Waals surface area contributed by atoms with Crippen molar-refractivity contribution in [2.24, 2.45) is 0 Å². The smallest absolute Gasteiger partial charge is 0.315 e. The minimum Gasteiger partial charge on any atom is -0.489 e. The van der Waals surface area contributed by atoms with Crippen LogP contribution in [0.5, 0.6) is 5.75 Å². The third-order valence-corrected chi connectivity index (χ3v) is 3.76. The van der Waals surface area contributed by atoms with Crippen LogP contribution in [0, 0.1) is 6.92 Å². The lowest BCUT2D eigenvalue weighted by molar-refractivity contribution is -0.133. The maximum Gasteiger partial charge on any atom is 0.315 e. The van der Waals surface area contributed by atoms with Crippen molar-refractivity contribution >= 4 is 34.9 Å². The Morgan fingerprint density at radius 2 is 1.70 bits per heavy atom. The standard InChI is InChI=1S/C19H16ClN3O4/c1-12-10-17(23-27-12)22-19(25)18(24)21-15-6-8-16(9-7-15)26-11-13-2-4-14(20)5-3-13/h2-10H,11H2,1H3,(H,21,24)(H,22,23,25). The molecule has 0 aliphatic heterocycles. The molecule has 138 valence electrons. The molecule has 0 aliphatic carbocycles. The van der Waals surface area contributed by atoms with Crippen LogP contribution < -0.4 is 15.4 Å². The van der Waals surface area contributed by atoms with E-state index in [2.05, 4.69) is 15.8 Å². The fraction of sp³-hybridized carbons (Fsp3) is 0.105. The normalized spacial score (nSPS) is 10.3. The highest BCUT2D eigenvalue weighted by molar-refractivity contribution is 6.43. The van der Waals surface area contributed by atoms with Crippen molar-refractivity contribution in [2.75, 3.05) is 10.6 Å². The van der Waals surface area contributed by atoms with Crippen LogP contribution >= 0.6 is 11.6 Å². The second kappa shape index (κ2) is 8.37. The highest BCUT2D eigenvalue weighted by Gasteiger charge is 2.15. The number of anilines is 2. The van der Waals surface area contributed by atoms with Gasteiger partial charge in [0.15, 0.2) is 5.82 Å². The first-order chi connectivity index (χ1) is 13.0. The van der Waals surface area contributed by atoms with Gasteiger partial charge in [-0.05, 0) is 48.9 Å². The Balaban J connectivity index is 1.51. The van der Waals surface area contributed by atoms with E-state index in [4.69, 9.17) is 20.9 Å². The van der Waals surface area contributed by atoms with Gasteiger partial charge in [-0.25, -0.2) is 0 Å². The van der Waals surface area contributed by atoms with E-state index in [-0.39, 0.29) is 5.82 Å². The summed E-state index contributed by atoms with van der Waals surface area (Å²) in [5.74, 6) is -0.319. The number of nitrogens with one attached hydrogen (secondary N) is 2. The Hall–Kier alpha value is -3.32. The minimum absolute atomic E-state index is 0.179. The van der Waals surface area contributed by atoms with Crippen LogP contribution in [0.1, 0.15) is 11.3 Å². The summed E-state index contributed by atoms with van der Waals surface area (Å²) in [6, 6.07) is 15.5. The van der Waals surface area contributed by atoms with Crippen molar-refractivity contribution in [1.82, 2.24) is 5.16 Å². The molecular weight excluding hydrogens is 370 g/mol. The molecule has 0 radical (unpaired) electrons. The van der Waals surface area contributed by atoms with Crippen molar-refractivity contribution in [3.8, 4) is 5.75 Å². The van der Waals surface area contributed by atoms with Crippen molar-refractivity contribution in [3.63, 3.8) is 0 Å². The van der Waals surface area contributed by atoms with Crippen LogP contribution in [0.2, 0.25) is 5.02 Å². The number of aryl methyl sites for hydroxylation is 1. The van der Waals surface area contributed by atoms with Gasteiger partial charge in [-0.15, -0.1) is 0 Å². The van der Waals surface area contributed by atoms with E-state index < -0.39 is 11.8 Å². The molecule has 27 heavy (non-hydrogen) atoms. The Bertz CT molecular complexity index is 936. The van der Waals surface area contributed by atoms with Gasteiger partial charge in [-0.3, -0.25) is 14.9 Å². The number of ether oxygens (including phenoxy) is 1. The lowest BCUT2D eigenvalue weighted by atomic mass is 10.2. The molecule has 0 fully saturated rings. The largest absolute Gasteiger partial charge is 0.489 e. The van der Waals surface area contributed by atoms with Crippen molar-refractivity contribution in [3.05, 3.63) is 70.9 Å². The lowest BCUT2D eigenvalue weighted by Crippen LogP contribution is -2.29. The summed E-state index contributed by atoms with van der Waals surface area (Å²) in [5.41, 5.74) is 1.45. The van der Waals surface area contributed by atoms with Gasteiger partial charge in [-0.2, -0.15) is 0 Å². The second-order valence-electron chi connectivity index (χ2n) is 5.67. The van der Waals surface area contributed by atoms with E-state index >= 15 is 0 Å². The molecule has 3 rings (SSSR count). The van der Waals surface area contributed by atoms with Gasteiger partial charge in [-0.1, -0.05) is 28.9 Å². The third kappa shape index (κ3) is 5.32. The predicted octanol–water partition coefficient (Wildman–Crippen LogP) is 3.79. The molecule has 1 heterocycles. The number of carbonyl (C=O) groups is 2. The molecule has 1 aromatic heterocycles. The lowest BCUT2D eigenvalue weighted by Gasteiger charge is -2.08. The fourth-order valence-corrected chi connectivity index (χ4v) is 2.29. The molecule has 7 nitrogen and oxygen atoms in total. The van der Waals surface area contributed by atoms with Crippen molar-refractivity contribution in [2.45, 2.75) is 13.5 Å². The number of rotatable bonds is 5. The van der Waals surface area contributed by atoms with Gasteiger partial charge >= 0.3 is 11.8 Å². The van der Waals surface area contributed by atoms with Crippen LogP contribution in [0.4, 0.5) is 11.5 Å². The first-order valence-corrected chi connectivity index (χ1v) is 8.40. The molecule has 0 aliphatic rings. The average Bonchev–Trinajstić information content (AvgIpc) is 3.07. The number of aromatic nitrogens is 1. The molecule has 0 atom stereocenters. The summed E-state index contributed by atoms with van der Waals surface area (Å²) in [6.07, 6.45) is 0. The van der Waals surface area contributed by atoms with Gasteiger partial charge in [0.2, 0.25) is 0 Å². The predicted molar refractivity (Wildman–Crippen MR) is 101 cm³/mol. The maximum absolute atomic E-state index is 11.9. The summed E-state index contributed by atoms with van der Waals surface area (Å²) < 4.78 is 10.5. The van der Waals surface area contributed by atoms with Crippen LogP contribution in [-0.4, -0.2) is 17.0 Å². The van der Waals surface area contributed by atoms with Crippen LogP contribution in [0.15, 0.2) is 59.1 Å². The van der Waals surface area contributed by atoms with Gasteiger partial charge in [0.1, 0.15) is 18.1 Å². The van der Waals surface area contributed by atoms with E-state index in [9.17, 15) is 9.59 Å².